The van der Waals surface area contributed by atoms with Crippen molar-refractivity contribution in [1.29, 1.82) is 0 Å². The summed E-state index contributed by atoms with van der Waals surface area (Å²) in [5.74, 6) is 0.343. The van der Waals surface area contributed by atoms with E-state index in [2.05, 4.69) is 37.1 Å². The average Bonchev–Trinajstić information content (AvgIpc) is 2.80. The van der Waals surface area contributed by atoms with Crippen molar-refractivity contribution in [2.24, 2.45) is 4.99 Å². The molecule has 1 fully saturated rings. The Kier molecular flexibility index (Phi) is 8.61. The summed E-state index contributed by atoms with van der Waals surface area (Å²) in [6, 6.07) is 11.8. The van der Waals surface area contributed by atoms with E-state index in [4.69, 9.17) is 0 Å². The van der Waals surface area contributed by atoms with E-state index in [9.17, 15) is 13.2 Å². The van der Waals surface area contributed by atoms with Gasteiger partial charge in [-0.05, 0) is 30.3 Å². The van der Waals surface area contributed by atoms with E-state index in [1.807, 2.05) is 12.1 Å². The number of aliphatic imine (C=N–C) groups is 1. The molecular formula is C23H30F3N5O. The van der Waals surface area contributed by atoms with Crippen molar-refractivity contribution in [2.75, 3.05) is 44.7 Å². The molecule has 0 aliphatic carbocycles. The Balaban J connectivity index is 1.54. The third kappa shape index (κ3) is 6.53. The van der Waals surface area contributed by atoms with Gasteiger partial charge in [-0.15, -0.1) is 0 Å². The van der Waals surface area contributed by atoms with Gasteiger partial charge in [-0.2, -0.15) is 8.78 Å². The van der Waals surface area contributed by atoms with Gasteiger partial charge < -0.3 is 25.2 Å². The number of halogens is 3. The zero-order valence-corrected chi connectivity index (χ0v) is 18.5. The van der Waals surface area contributed by atoms with Gasteiger partial charge in [0.15, 0.2) is 5.96 Å². The molecule has 6 nitrogen and oxygen atoms in total. The van der Waals surface area contributed by atoms with E-state index < -0.39 is 6.61 Å². The fraction of sp³-hybridized carbons (Fsp3) is 0.435. The zero-order chi connectivity index (χ0) is 22.9. The molecule has 0 bridgehead atoms. The second-order valence-corrected chi connectivity index (χ2v) is 7.47. The van der Waals surface area contributed by atoms with E-state index in [1.165, 1.54) is 12.1 Å². The lowest BCUT2D eigenvalue weighted by Crippen LogP contribution is -2.46. The van der Waals surface area contributed by atoms with Gasteiger partial charge in [-0.25, -0.2) is 4.39 Å². The number of nitrogens with zero attached hydrogens (tertiary/aromatic N) is 3. The molecule has 0 radical (unpaired) electrons. The minimum Gasteiger partial charge on any atom is -0.434 e. The second-order valence-electron chi connectivity index (χ2n) is 7.47. The van der Waals surface area contributed by atoms with Crippen LogP contribution in [0, 0.1) is 5.82 Å². The Hall–Kier alpha value is -2.94. The lowest BCUT2D eigenvalue weighted by molar-refractivity contribution is -0.0504. The molecule has 9 heteroatoms. The normalized spacial score (nSPS) is 15.2. The monoisotopic (exact) mass is 449 g/mol. The third-order valence-corrected chi connectivity index (χ3v) is 5.49. The van der Waals surface area contributed by atoms with E-state index in [0.29, 0.717) is 23.8 Å². The van der Waals surface area contributed by atoms with Crippen molar-refractivity contribution in [1.82, 2.24) is 15.5 Å². The minimum absolute atomic E-state index is 0.114. The highest BCUT2D eigenvalue weighted by molar-refractivity contribution is 5.79. The Morgan fingerprint density at radius 1 is 1.06 bits per heavy atom. The molecular weight excluding hydrogens is 419 g/mol. The summed E-state index contributed by atoms with van der Waals surface area (Å²) in [7, 11) is 1.61. The van der Waals surface area contributed by atoms with Crippen LogP contribution in [-0.2, 0) is 13.1 Å². The molecule has 2 aromatic rings. The topological polar surface area (TPSA) is 52.1 Å². The number of likely N-dealkylation sites (N-methyl/N-ethyl adjacent to an activating group) is 1. The highest BCUT2D eigenvalue weighted by Crippen LogP contribution is 2.22. The number of para-hydroxylation sites is 1. The molecule has 174 valence electrons. The van der Waals surface area contributed by atoms with E-state index in [0.717, 1.165) is 38.3 Å². The van der Waals surface area contributed by atoms with Crippen molar-refractivity contribution in [3.8, 4) is 5.75 Å². The van der Waals surface area contributed by atoms with Crippen LogP contribution in [0.25, 0.3) is 0 Å². The Morgan fingerprint density at radius 3 is 2.44 bits per heavy atom. The van der Waals surface area contributed by atoms with Gasteiger partial charge in [0.25, 0.3) is 0 Å². The number of rotatable bonds is 8. The summed E-state index contributed by atoms with van der Waals surface area (Å²) in [6.45, 7) is 4.39. The first-order chi connectivity index (χ1) is 15.5. The van der Waals surface area contributed by atoms with Crippen molar-refractivity contribution >= 4 is 11.6 Å². The predicted octanol–water partition coefficient (Wildman–Crippen LogP) is 3.43. The lowest BCUT2D eigenvalue weighted by Gasteiger charge is -2.35. The molecule has 0 spiro atoms. The maximum absolute atomic E-state index is 14.7. The van der Waals surface area contributed by atoms with Crippen LogP contribution in [0.15, 0.2) is 47.5 Å². The summed E-state index contributed by atoms with van der Waals surface area (Å²) in [6.07, 6.45) is 0. The third-order valence-electron chi connectivity index (χ3n) is 5.49. The fourth-order valence-electron chi connectivity index (χ4n) is 3.67. The number of benzene rings is 2. The molecule has 32 heavy (non-hydrogen) atoms. The minimum atomic E-state index is -2.89. The molecule has 2 N–H and O–H groups in total. The zero-order valence-electron chi connectivity index (χ0n) is 18.5. The van der Waals surface area contributed by atoms with Crippen LogP contribution in [0.5, 0.6) is 5.75 Å². The van der Waals surface area contributed by atoms with Crippen LogP contribution in [-0.4, -0.2) is 57.2 Å². The number of guanidine groups is 1. The van der Waals surface area contributed by atoms with Gasteiger partial charge in [-0.3, -0.25) is 4.99 Å². The fourth-order valence-corrected chi connectivity index (χ4v) is 3.67. The molecule has 2 aromatic carbocycles. The van der Waals surface area contributed by atoms with Crippen LogP contribution < -0.4 is 20.3 Å². The second kappa shape index (κ2) is 11.6. The van der Waals surface area contributed by atoms with Crippen molar-refractivity contribution in [2.45, 2.75) is 26.6 Å². The number of nitrogens with one attached hydrogen (secondary N) is 2. The summed E-state index contributed by atoms with van der Waals surface area (Å²) >= 11 is 0. The van der Waals surface area contributed by atoms with Crippen molar-refractivity contribution in [3.63, 3.8) is 0 Å². The maximum Gasteiger partial charge on any atom is 0.387 e. The number of piperazine rings is 1. The smallest absolute Gasteiger partial charge is 0.387 e. The first-order valence-electron chi connectivity index (χ1n) is 10.7. The first-order valence-corrected chi connectivity index (χ1v) is 10.7. The quantitative estimate of drug-likeness (QED) is 0.478. The number of hydrogen-bond acceptors (Lipinski definition) is 4. The number of anilines is 1. The van der Waals surface area contributed by atoms with E-state index in [-0.39, 0.29) is 18.1 Å². The number of hydrogen-bond donors (Lipinski definition) is 2. The summed E-state index contributed by atoms with van der Waals surface area (Å²) in [4.78, 5) is 8.57. The van der Waals surface area contributed by atoms with Crippen LogP contribution in [0.1, 0.15) is 18.1 Å². The van der Waals surface area contributed by atoms with Crippen LogP contribution >= 0.6 is 0 Å². The molecule has 1 saturated heterocycles. The number of ether oxygens (including phenoxy) is 1. The SMILES string of the molecule is CCN1CCN(c2ccc(CNC(=NC)NCc3ccccc3OC(F)F)cc2F)CC1. The molecule has 0 aromatic heterocycles. The van der Waals surface area contributed by atoms with Gasteiger partial charge >= 0.3 is 6.61 Å². The molecule has 1 heterocycles. The summed E-state index contributed by atoms with van der Waals surface area (Å²) < 4.78 is 44.4. The van der Waals surface area contributed by atoms with Gasteiger partial charge in [0.05, 0.1) is 5.69 Å². The van der Waals surface area contributed by atoms with Gasteiger partial charge in [0.1, 0.15) is 11.6 Å². The highest BCUT2D eigenvalue weighted by Gasteiger charge is 2.18. The largest absolute Gasteiger partial charge is 0.434 e. The molecule has 3 rings (SSSR count). The Morgan fingerprint density at radius 2 is 1.78 bits per heavy atom. The molecule has 0 unspecified atom stereocenters. The van der Waals surface area contributed by atoms with E-state index in [1.54, 1.807) is 25.2 Å². The average molecular weight is 450 g/mol. The van der Waals surface area contributed by atoms with Gasteiger partial charge in [-0.1, -0.05) is 31.2 Å². The lowest BCUT2D eigenvalue weighted by atomic mass is 10.1. The molecule has 1 aliphatic heterocycles. The van der Waals surface area contributed by atoms with Crippen molar-refractivity contribution < 1.29 is 17.9 Å². The predicted molar refractivity (Wildman–Crippen MR) is 121 cm³/mol. The molecule has 0 amide bonds. The van der Waals surface area contributed by atoms with Gasteiger partial charge in [0.2, 0.25) is 0 Å². The van der Waals surface area contributed by atoms with Crippen molar-refractivity contribution in [3.05, 3.63) is 59.4 Å². The molecule has 0 saturated carbocycles. The molecule has 0 atom stereocenters. The van der Waals surface area contributed by atoms with Crippen LogP contribution in [0.2, 0.25) is 0 Å². The summed E-state index contributed by atoms with van der Waals surface area (Å²) in [5.41, 5.74) is 1.99. The molecule has 1 aliphatic rings. The maximum atomic E-state index is 14.7. The Labute approximate surface area is 187 Å². The Bertz CT molecular complexity index is 901. The van der Waals surface area contributed by atoms with Crippen LogP contribution in [0.4, 0.5) is 18.9 Å². The number of alkyl halides is 2. The highest BCUT2D eigenvalue weighted by atomic mass is 19.3. The van der Waals surface area contributed by atoms with E-state index >= 15 is 0 Å². The first kappa shape index (κ1) is 23.7. The summed E-state index contributed by atoms with van der Waals surface area (Å²) in [5, 5.41) is 6.18. The standard InChI is InChI=1S/C23H30F3N5O/c1-3-30-10-12-31(13-11-30)20-9-8-17(14-19(20)24)15-28-23(27-2)29-16-18-6-4-5-7-21(18)32-22(25)26/h4-9,14,22H,3,10-13,15-16H2,1-2H3,(H2,27,28,29). The van der Waals surface area contributed by atoms with Gasteiger partial charge in [0, 0.05) is 51.9 Å². The van der Waals surface area contributed by atoms with Crippen LogP contribution in [0.3, 0.4) is 0 Å².